The Hall–Kier alpha value is -2.32. The smallest absolute Gasteiger partial charge is 0.142 e. The highest BCUT2D eigenvalue weighted by molar-refractivity contribution is 5.61. The number of nitrogens with one attached hydrogen (secondary N) is 1. The summed E-state index contributed by atoms with van der Waals surface area (Å²) in [7, 11) is 5.25. The first-order valence-electron chi connectivity index (χ1n) is 13.6. The van der Waals surface area contributed by atoms with Crippen molar-refractivity contribution in [1.82, 2.24) is 5.32 Å². The summed E-state index contributed by atoms with van der Waals surface area (Å²) in [6.45, 7) is 6.89. The fourth-order valence-electron chi connectivity index (χ4n) is 5.36. The maximum atomic E-state index is 6.61. The Labute approximate surface area is 222 Å². The van der Waals surface area contributed by atoms with Crippen LogP contribution in [-0.4, -0.2) is 72.4 Å². The van der Waals surface area contributed by atoms with E-state index in [0.29, 0.717) is 18.6 Å². The van der Waals surface area contributed by atoms with E-state index in [1.165, 1.54) is 11.1 Å². The normalized spacial score (nSPS) is 22.3. The van der Waals surface area contributed by atoms with E-state index >= 15 is 0 Å². The minimum Gasteiger partial charge on any atom is -0.497 e. The number of ether oxygens (including phenoxy) is 5. The molecule has 0 spiro atoms. The number of benzene rings is 2. The third-order valence-electron chi connectivity index (χ3n) is 7.69. The molecule has 0 saturated carbocycles. The number of rotatable bonds is 13. The second kappa shape index (κ2) is 14.0. The van der Waals surface area contributed by atoms with E-state index in [2.05, 4.69) is 59.6 Å². The molecule has 204 valence electrons. The maximum Gasteiger partial charge on any atom is 0.142 e. The van der Waals surface area contributed by atoms with E-state index < -0.39 is 0 Å². The fourth-order valence-corrected chi connectivity index (χ4v) is 5.36. The van der Waals surface area contributed by atoms with Gasteiger partial charge in [-0.2, -0.15) is 0 Å². The molecule has 2 aromatic rings. The highest BCUT2D eigenvalue weighted by Crippen LogP contribution is 2.35. The molecule has 2 heterocycles. The lowest BCUT2D eigenvalue weighted by molar-refractivity contribution is 0.000849. The first kappa shape index (κ1) is 27.7. The first-order chi connectivity index (χ1) is 18.1. The molecule has 1 unspecified atom stereocenters. The van der Waals surface area contributed by atoms with Crippen LogP contribution in [0.1, 0.15) is 49.7 Å². The molecule has 2 aliphatic rings. The van der Waals surface area contributed by atoms with E-state index in [-0.39, 0.29) is 12.2 Å². The van der Waals surface area contributed by atoms with E-state index in [1.807, 2.05) is 0 Å². The zero-order valence-corrected chi connectivity index (χ0v) is 22.9. The molecule has 7 nitrogen and oxygen atoms in total. The summed E-state index contributed by atoms with van der Waals surface area (Å²) in [5.74, 6) is 2.16. The lowest BCUT2D eigenvalue weighted by Crippen LogP contribution is -2.47. The lowest BCUT2D eigenvalue weighted by atomic mass is 9.82. The van der Waals surface area contributed by atoms with Crippen LogP contribution in [0.5, 0.6) is 11.5 Å². The number of anilines is 1. The van der Waals surface area contributed by atoms with Gasteiger partial charge in [-0.05, 0) is 68.0 Å². The Morgan fingerprint density at radius 2 is 1.95 bits per heavy atom. The van der Waals surface area contributed by atoms with Crippen molar-refractivity contribution in [2.24, 2.45) is 0 Å². The Balaban J connectivity index is 1.43. The van der Waals surface area contributed by atoms with Crippen LogP contribution in [0.4, 0.5) is 5.69 Å². The molecule has 1 saturated heterocycles. The molecule has 1 N–H and O–H groups in total. The Kier molecular flexibility index (Phi) is 10.5. The molecule has 4 rings (SSSR count). The lowest BCUT2D eigenvalue weighted by Gasteiger charge is -2.38. The summed E-state index contributed by atoms with van der Waals surface area (Å²) in [6.07, 6.45) is 4.55. The van der Waals surface area contributed by atoms with Gasteiger partial charge in [-0.3, -0.25) is 0 Å². The van der Waals surface area contributed by atoms with Crippen molar-refractivity contribution in [3.05, 3.63) is 53.6 Å². The molecule has 7 heteroatoms. The molecule has 0 amide bonds. The second-order valence-electron chi connectivity index (χ2n) is 10.2. The van der Waals surface area contributed by atoms with Gasteiger partial charge in [-0.15, -0.1) is 0 Å². The number of hydrogen-bond acceptors (Lipinski definition) is 7. The molecule has 0 aromatic heterocycles. The summed E-state index contributed by atoms with van der Waals surface area (Å²) in [5, 5.41) is 3.75. The van der Waals surface area contributed by atoms with Gasteiger partial charge in [0.25, 0.3) is 0 Å². The molecule has 0 bridgehead atoms. The average molecular weight is 513 g/mol. The molecule has 37 heavy (non-hydrogen) atoms. The van der Waals surface area contributed by atoms with Crippen LogP contribution in [0.2, 0.25) is 0 Å². The van der Waals surface area contributed by atoms with Gasteiger partial charge in [-0.1, -0.05) is 18.2 Å². The highest BCUT2D eigenvalue weighted by atomic mass is 16.5. The van der Waals surface area contributed by atoms with Crippen LogP contribution < -0.4 is 19.7 Å². The Morgan fingerprint density at radius 3 is 2.70 bits per heavy atom. The van der Waals surface area contributed by atoms with Crippen molar-refractivity contribution in [3.8, 4) is 11.5 Å². The number of hydrogen-bond donors (Lipinski definition) is 1. The summed E-state index contributed by atoms with van der Waals surface area (Å²) < 4.78 is 28.7. The number of piperidine rings is 1. The highest BCUT2D eigenvalue weighted by Gasteiger charge is 2.32. The number of methoxy groups -OCH3 is 3. The molecule has 4 atom stereocenters. The van der Waals surface area contributed by atoms with E-state index in [0.717, 1.165) is 75.7 Å². The van der Waals surface area contributed by atoms with Gasteiger partial charge in [0, 0.05) is 45.9 Å². The number of nitrogens with zero attached hydrogens (tertiary/aromatic N) is 1. The maximum absolute atomic E-state index is 6.61. The van der Waals surface area contributed by atoms with Crippen LogP contribution in [0.3, 0.4) is 0 Å². The van der Waals surface area contributed by atoms with Gasteiger partial charge in [0.05, 0.1) is 38.2 Å². The molecule has 0 aliphatic carbocycles. The minimum absolute atomic E-state index is 0.0922. The van der Waals surface area contributed by atoms with E-state index in [4.69, 9.17) is 23.7 Å². The minimum atomic E-state index is 0.0922. The van der Waals surface area contributed by atoms with Gasteiger partial charge in [0.2, 0.25) is 0 Å². The van der Waals surface area contributed by atoms with E-state index in [9.17, 15) is 0 Å². The second-order valence-corrected chi connectivity index (χ2v) is 10.2. The van der Waals surface area contributed by atoms with Crippen LogP contribution in [-0.2, 0) is 20.8 Å². The summed E-state index contributed by atoms with van der Waals surface area (Å²) in [4.78, 5) is 2.40. The predicted octanol–water partition coefficient (Wildman–Crippen LogP) is 4.78. The van der Waals surface area contributed by atoms with Gasteiger partial charge in [0.1, 0.15) is 18.1 Å². The monoisotopic (exact) mass is 512 g/mol. The first-order valence-corrected chi connectivity index (χ1v) is 13.6. The van der Waals surface area contributed by atoms with Gasteiger partial charge in [0.15, 0.2) is 0 Å². The fraction of sp³-hybridized carbons (Fsp3) is 0.600. The zero-order chi connectivity index (χ0) is 26.0. The van der Waals surface area contributed by atoms with Crippen LogP contribution in [0.15, 0.2) is 42.5 Å². The van der Waals surface area contributed by atoms with Crippen molar-refractivity contribution in [3.63, 3.8) is 0 Å². The third kappa shape index (κ3) is 7.60. The predicted molar refractivity (Wildman–Crippen MR) is 147 cm³/mol. The van der Waals surface area contributed by atoms with Crippen LogP contribution in [0, 0.1) is 0 Å². The van der Waals surface area contributed by atoms with Crippen molar-refractivity contribution >= 4 is 5.69 Å². The molecular formula is C30H44N2O5. The topological polar surface area (TPSA) is 61.4 Å². The SMILES string of the molecule is COCCCN1CCOc2ccc(CO[C@H]3CN[C@@H](CCC(C)OC)C[C@@H]3c3ccc(OC)cc3)cc21. The molecular weight excluding hydrogens is 468 g/mol. The molecule has 0 radical (unpaired) electrons. The number of fused-ring (bicyclic) bond motifs is 1. The quantitative estimate of drug-likeness (QED) is 0.388. The van der Waals surface area contributed by atoms with Gasteiger partial charge >= 0.3 is 0 Å². The van der Waals surface area contributed by atoms with Crippen molar-refractivity contribution < 1.29 is 23.7 Å². The average Bonchev–Trinajstić information content (AvgIpc) is 2.95. The summed E-state index contributed by atoms with van der Waals surface area (Å²) in [6, 6.07) is 15.4. The largest absolute Gasteiger partial charge is 0.497 e. The van der Waals surface area contributed by atoms with Crippen LogP contribution in [0.25, 0.3) is 0 Å². The molecule has 1 fully saturated rings. The Morgan fingerprint density at radius 1 is 1.11 bits per heavy atom. The summed E-state index contributed by atoms with van der Waals surface area (Å²) >= 11 is 0. The Bertz CT molecular complexity index is 953. The molecule has 2 aliphatic heterocycles. The van der Waals surface area contributed by atoms with E-state index in [1.54, 1.807) is 21.3 Å². The summed E-state index contributed by atoms with van der Waals surface area (Å²) in [5.41, 5.74) is 3.63. The van der Waals surface area contributed by atoms with Crippen molar-refractivity contribution in [2.45, 2.75) is 63.4 Å². The van der Waals surface area contributed by atoms with Gasteiger partial charge in [-0.25, -0.2) is 0 Å². The third-order valence-corrected chi connectivity index (χ3v) is 7.69. The van der Waals surface area contributed by atoms with Crippen molar-refractivity contribution in [1.29, 1.82) is 0 Å². The van der Waals surface area contributed by atoms with Gasteiger partial charge < -0.3 is 33.9 Å². The zero-order valence-electron chi connectivity index (χ0n) is 22.9. The van der Waals surface area contributed by atoms with Crippen LogP contribution >= 0.6 is 0 Å². The van der Waals surface area contributed by atoms with Crippen molar-refractivity contribution in [2.75, 3.05) is 59.1 Å². The molecule has 2 aromatic carbocycles. The standard InChI is InChI=1S/C30H44N2O5/c1-22(34-3)6-10-25-19-27(24-8-11-26(35-4)12-9-24)30(20-31-25)37-21-23-7-13-29-28(18-23)32(15-17-36-29)14-5-16-33-2/h7-9,11-13,18,22,25,27,30-31H,5-6,10,14-17,19-21H2,1-4H3/t22?,25-,27+,30-/m0/s1.